The molecule has 2 heterocycles. The van der Waals surface area contributed by atoms with E-state index in [1.807, 2.05) is 11.0 Å². The number of aliphatic hydroxyl groups is 1. The number of carbonyl (C=O) groups excluding carboxylic acids is 1. The number of aromatic nitrogens is 2. The smallest absolute Gasteiger partial charge is 0.248 e. The molecule has 1 aromatic heterocycles. The molecule has 0 radical (unpaired) electrons. The average Bonchev–Trinajstić information content (AvgIpc) is 3.83. The maximum absolute atomic E-state index is 14.0. The van der Waals surface area contributed by atoms with E-state index in [1.165, 1.54) is 0 Å². The maximum atomic E-state index is 14.0. The minimum Gasteiger partial charge on any atom is -0.495 e. The molecule has 9 nitrogen and oxygen atoms in total. The number of nitrogens with one attached hydrogen (secondary N) is 2. The Morgan fingerprint density at radius 1 is 1.24 bits per heavy atom. The summed E-state index contributed by atoms with van der Waals surface area (Å²) in [5, 5.41) is 16.8. The van der Waals surface area contributed by atoms with Crippen molar-refractivity contribution in [1.82, 2.24) is 15.3 Å². The molecule has 6 rings (SSSR count). The summed E-state index contributed by atoms with van der Waals surface area (Å²) < 4.78 is 33.5. The lowest BCUT2D eigenvalue weighted by Crippen LogP contribution is -2.39. The van der Waals surface area contributed by atoms with Crippen LogP contribution in [0.25, 0.3) is 0 Å². The second-order valence-corrected chi connectivity index (χ2v) is 11.3. The van der Waals surface area contributed by atoms with Crippen molar-refractivity contribution in [2.75, 3.05) is 42.4 Å². The number of halogens is 2. The number of fused-ring (bicyclic) bond motifs is 1. The van der Waals surface area contributed by atoms with Gasteiger partial charge in [-0.25, -0.2) is 13.8 Å². The Bertz CT molecular complexity index is 1240. The molecule has 38 heavy (non-hydrogen) atoms. The molecular formula is C27H34F2N6O3. The van der Waals surface area contributed by atoms with Crippen LogP contribution < -0.4 is 25.2 Å². The zero-order valence-corrected chi connectivity index (χ0v) is 21.7. The Labute approximate surface area is 220 Å². The molecule has 1 unspecified atom stereocenters. The van der Waals surface area contributed by atoms with Crippen LogP contribution in [-0.2, 0) is 4.79 Å². The minimum absolute atomic E-state index is 0.0259. The number of ether oxygens (including phenoxy) is 1. The highest BCUT2D eigenvalue weighted by Crippen LogP contribution is 2.52. The average molecular weight is 529 g/mol. The van der Waals surface area contributed by atoms with Gasteiger partial charge in [-0.05, 0) is 55.7 Å². The van der Waals surface area contributed by atoms with E-state index < -0.39 is 17.6 Å². The fourth-order valence-electron chi connectivity index (χ4n) is 5.72. The van der Waals surface area contributed by atoms with Gasteiger partial charge in [0.1, 0.15) is 17.7 Å². The number of amides is 1. The van der Waals surface area contributed by atoms with Crippen molar-refractivity contribution < 1.29 is 23.4 Å². The first kappa shape index (κ1) is 25.2. The summed E-state index contributed by atoms with van der Waals surface area (Å²) in [6, 6.07) is 5.72. The largest absolute Gasteiger partial charge is 0.495 e. The lowest BCUT2D eigenvalue weighted by atomic mass is 10.0. The molecule has 2 atom stereocenters. The van der Waals surface area contributed by atoms with E-state index in [9.17, 15) is 18.7 Å². The number of benzene rings is 1. The summed E-state index contributed by atoms with van der Waals surface area (Å²) in [5.41, 5.74) is 1.40. The topological polar surface area (TPSA) is 103 Å². The van der Waals surface area contributed by atoms with Crippen LogP contribution >= 0.6 is 0 Å². The molecule has 2 aromatic rings. The van der Waals surface area contributed by atoms with Crippen molar-refractivity contribution in [3.63, 3.8) is 0 Å². The minimum atomic E-state index is -2.63. The van der Waals surface area contributed by atoms with Crippen LogP contribution in [-0.4, -0.2) is 60.2 Å². The number of alkyl halides is 2. The quantitative estimate of drug-likeness (QED) is 0.443. The number of anilines is 4. The van der Waals surface area contributed by atoms with Gasteiger partial charge in [0, 0.05) is 39.0 Å². The van der Waals surface area contributed by atoms with Crippen molar-refractivity contribution in [2.24, 2.45) is 11.3 Å². The molecule has 1 amide bonds. The maximum Gasteiger partial charge on any atom is 0.248 e. The fourth-order valence-corrected chi connectivity index (χ4v) is 5.72. The van der Waals surface area contributed by atoms with Crippen molar-refractivity contribution in [3.8, 4) is 5.75 Å². The van der Waals surface area contributed by atoms with E-state index in [4.69, 9.17) is 9.72 Å². The van der Waals surface area contributed by atoms with Crippen molar-refractivity contribution in [1.29, 1.82) is 0 Å². The van der Waals surface area contributed by atoms with Crippen LogP contribution in [0.1, 0.15) is 56.7 Å². The van der Waals surface area contributed by atoms with Gasteiger partial charge >= 0.3 is 0 Å². The number of hydrogen-bond donors (Lipinski definition) is 3. The molecule has 204 valence electrons. The van der Waals surface area contributed by atoms with Gasteiger partial charge in [-0.2, -0.15) is 4.98 Å². The summed E-state index contributed by atoms with van der Waals surface area (Å²) in [5.74, 6) is -1.38. The first-order chi connectivity index (χ1) is 18.2. The van der Waals surface area contributed by atoms with Crippen molar-refractivity contribution >= 4 is 29.0 Å². The van der Waals surface area contributed by atoms with Crippen LogP contribution in [0.3, 0.4) is 0 Å². The van der Waals surface area contributed by atoms with Crippen LogP contribution in [0.5, 0.6) is 5.75 Å². The van der Waals surface area contributed by atoms with Gasteiger partial charge < -0.3 is 25.0 Å². The van der Waals surface area contributed by atoms with Gasteiger partial charge in [-0.1, -0.05) is 6.07 Å². The third-order valence-electron chi connectivity index (χ3n) is 8.26. The number of aliphatic hydroxyl groups excluding tert-OH is 1. The van der Waals surface area contributed by atoms with Crippen molar-refractivity contribution in [3.05, 3.63) is 30.0 Å². The SMILES string of the molecule is COc1cc(C(O)NC2CC2)ccc1Nc1ncc2c(n1)N(C[C@@H]1CCC(F)(F)C1)CC1(CC1)C(=O)N2C. The molecular weight excluding hydrogens is 494 g/mol. The molecule has 0 bridgehead atoms. The summed E-state index contributed by atoms with van der Waals surface area (Å²) in [7, 11) is 3.28. The fraction of sp³-hybridized carbons (Fsp3) is 0.593. The second kappa shape index (κ2) is 9.30. The molecule has 1 spiro atoms. The number of methoxy groups -OCH3 is 1. The van der Waals surface area contributed by atoms with Crippen molar-refractivity contribution in [2.45, 2.75) is 63.1 Å². The van der Waals surface area contributed by atoms with E-state index in [-0.39, 0.29) is 24.7 Å². The lowest BCUT2D eigenvalue weighted by molar-refractivity contribution is -0.122. The molecule has 3 fully saturated rings. The van der Waals surface area contributed by atoms with Gasteiger partial charge in [0.25, 0.3) is 0 Å². The third-order valence-corrected chi connectivity index (χ3v) is 8.26. The van der Waals surface area contributed by atoms with Gasteiger partial charge in [0.2, 0.25) is 17.8 Å². The van der Waals surface area contributed by atoms with E-state index in [0.717, 1.165) is 25.7 Å². The Hall–Kier alpha value is -3.05. The molecule has 0 saturated heterocycles. The van der Waals surface area contributed by atoms with Crippen LogP contribution in [0.2, 0.25) is 0 Å². The molecule has 3 saturated carbocycles. The predicted octanol–water partition coefficient (Wildman–Crippen LogP) is 3.97. The number of rotatable bonds is 8. The van der Waals surface area contributed by atoms with E-state index in [0.29, 0.717) is 60.0 Å². The molecule has 3 aliphatic carbocycles. The Balaban J connectivity index is 1.28. The highest BCUT2D eigenvalue weighted by molar-refractivity contribution is 6.02. The predicted molar refractivity (Wildman–Crippen MR) is 139 cm³/mol. The number of nitrogens with zero attached hydrogens (tertiary/aromatic N) is 4. The van der Waals surface area contributed by atoms with Gasteiger partial charge in [0.15, 0.2) is 5.82 Å². The third kappa shape index (κ3) is 4.89. The zero-order valence-electron chi connectivity index (χ0n) is 21.7. The second-order valence-electron chi connectivity index (χ2n) is 11.3. The Kier molecular flexibility index (Phi) is 6.18. The Morgan fingerprint density at radius 2 is 2.03 bits per heavy atom. The number of carbonyl (C=O) groups is 1. The highest BCUT2D eigenvalue weighted by Gasteiger charge is 2.55. The molecule has 3 N–H and O–H groups in total. The first-order valence-corrected chi connectivity index (χ1v) is 13.3. The zero-order chi connectivity index (χ0) is 26.7. The van der Waals surface area contributed by atoms with E-state index in [2.05, 4.69) is 15.6 Å². The highest BCUT2D eigenvalue weighted by atomic mass is 19.3. The van der Waals surface area contributed by atoms with Gasteiger partial charge in [-0.15, -0.1) is 0 Å². The molecule has 1 aliphatic heterocycles. The first-order valence-electron chi connectivity index (χ1n) is 13.3. The number of hydrogen-bond acceptors (Lipinski definition) is 8. The van der Waals surface area contributed by atoms with E-state index in [1.54, 1.807) is 37.4 Å². The standard InChI is InChI=1S/C27H34F2N6O3/c1-34-20-13-30-25(32-19-6-3-17(11-21(19)38-2)23(36)31-18-4-5-18)33-22(20)35(15-26(9-10-26)24(34)37)14-16-7-8-27(28,29)12-16/h3,6,11,13,16,18,23,31,36H,4-5,7-10,12,14-15H2,1-2H3,(H,30,32,33)/t16-,23?/m1/s1. The summed E-state index contributed by atoms with van der Waals surface area (Å²) in [6.45, 7) is 0.886. The van der Waals surface area contributed by atoms with Gasteiger partial charge in [-0.3, -0.25) is 10.1 Å². The normalized spacial score (nSPS) is 24.2. The van der Waals surface area contributed by atoms with Crippen LogP contribution in [0.15, 0.2) is 24.4 Å². The Morgan fingerprint density at radius 3 is 2.68 bits per heavy atom. The van der Waals surface area contributed by atoms with E-state index >= 15 is 0 Å². The summed E-state index contributed by atoms with van der Waals surface area (Å²) >= 11 is 0. The lowest BCUT2D eigenvalue weighted by Gasteiger charge is -2.28. The van der Waals surface area contributed by atoms with Gasteiger partial charge in [0.05, 0.1) is 24.4 Å². The van der Waals surface area contributed by atoms with Crippen LogP contribution in [0, 0.1) is 11.3 Å². The summed E-state index contributed by atoms with van der Waals surface area (Å²) in [4.78, 5) is 26.2. The monoisotopic (exact) mass is 528 g/mol. The van der Waals surface area contributed by atoms with Crippen LogP contribution in [0.4, 0.5) is 31.9 Å². The molecule has 1 aromatic carbocycles. The molecule has 4 aliphatic rings. The summed E-state index contributed by atoms with van der Waals surface area (Å²) in [6.07, 6.45) is 4.73. The molecule has 11 heteroatoms.